The average molecular weight is 443 g/mol. The first-order valence-corrected chi connectivity index (χ1v) is 11.8. The maximum Gasteiger partial charge on any atom is 0.269 e. The zero-order valence-corrected chi connectivity index (χ0v) is 18.3. The van der Waals surface area contributed by atoms with Crippen molar-refractivity contribution >= 4 is 33.2 Å². The Morgan fingerprint density at radius 1 is 1.00 bits per heavy atom. The lowest BCUT2D eigenvalue weighted by atomic mass is 10.2. The van der Waals surface area contributed by atoms with Gasteiger partial charge in [0.15, 0.2) is 0 Å². The Balaban J connectivity index is 1.28. The van der Waals surface area contributed by atoms with Crippen molar-refractivity contribution < 1.29 is 18.0 Å². The van der Waals surface area contributed by atoms with E-state index in [9.17, 15) is 18.0 Å². The zero-order valence-electron chi connectivity index (χ0n) is 17.5. The molecule has 2 aliphatic heterocycles. The van der Waals surface area contributed by atoms with Gasteiger partial charge in [-0.25, -0.2) is 12.7 Å². The highest BCUT2D eigenvalue weighted by molar-refractivity contribution is 7.90. The molecule has 0 spiro atoms. The molecule has 164 valence electrons. The van der Waals surface area contributed by atoms with Crippen molar-refractivity contribution in [3.8, 4) is 0 Å². The molecule has 1 fully saturated rings. The van der Waals surface area contributed by atoms with E-state index < -0.39 is 15.9 Å². The lowest BCUT2D eigenvalue weighted by Gasteiger charge is -2.34. The van der Waals surface area contributed by atoms with Gasteiger partial charge in [-0.1, -0.05) is 12.1 Å². The van der Waals surface area contributed by atoms with Crippen molar-refractivity contribution in [2.75, 3.05) is 50.0 Å². The molecular weight excluding hydrogens is 416 g/mol. The van der Waals surface area contributed by atoms with Crippen LogP contribution in [0.5, 0.6) is 0 Å². The molecule has 2 aromatic rings. The molecule has 1 N–H and O–H groups in total. The molecule has 1 saturated heterocycles. The predicted octanol–water partition coefficient (Wildman–Crippen LogP) is 2.00. The highest BCUT2D eigenvalue weighted by Crippen LogP contribution is 2.30. The fourth-order valence-corrected chi connectivity index (χ4v) is 5.49. The average Bonchev–Trinajstić information content (AvgIpc) is 2.96. The third-order valence-electron chi connectivity index (χ3n) is 5.70. The SMILES string of the molecule is CN1CCN(c2ccc(NC(=O)CCCN3C(=O)c4ccccc4S3(=O)=O)cc2)CC1. The van der Waals surface area contributed by atoms with Crippen LogP contribution in [0, 0.1) is 0 Å². The molecule has 0 saturated carbocycles. The maximum absolute atomic E-state index is 12.5. The van der Waals surface area contributed by atoms with Crippen molar-refractivity contribution in [1.82, 2.24) is 9.21 Å². The normalized spacial score (nSPS) is 18.2. The largest absolute Gasteiger partial charge is 0.369 e. The highest BCUT2D eigenvalue weighted by Gasteiger charge is 2.40. The second kappa shape index (κ2) is 8.68. The van der Waals surface area contributed by atoms with Crippen LogP contribution in [0.25, 0.3) is 0 Å². The Kier molecular flexibility index (Phi) is 5.97. The number of anilines is 2. The summed E-state index contributed by atoms with van der Waals surface area (Å²) in [6.45, 7) is 3.98. The number of amides is 2. The van der Waals surface area contributed by atoms with E-state index in [1.807, 2.05) is 24.3 Å². The molecule has 0 atom stereocenters. The van der Waals surface area contributed by atoms with Gasteiger partial charge < -0.3 is 15.1 Å². The molecule has 0 bridgehead atoms. The minimum Gasteiger partial charge on any atom is -0.369 e. The van der Waals surface area contributed by atoms with Crippen molar-refractivity contribution in [3.05, 3.63) is 54.1 Å². The van der Waals surface area contributed by atoms with Crippen LogP contribution in [0.3, 0.4) is 0 Å². The monoisotopic (exact) mass is 442 g/mol. The van der Waals surface area contributed by atoms with Crippen LogP contribution in [0.15, 0.2) is 53.4 Å². The van der Waals surface area contributed by atoms with E-state index in [1.54, 1.807) is 12.1 Å². The Morgan fingerprint density at radius 3 is 2.35 bits per heavy atom. The summed E-state index contributed by atoms with van der Waals surface area (Å²) in [5, 5.41) is 2.84. The molecule has 0 unspecified atom stereocenters. The Labute approximate surface area is 182 Å². The molecule has 9 heteroatoms. The molecule has 2 amide bonds. The van der Waals surface area contributed by atoms with Gasteiger partial charge in [-0.05, 0) is 49.9 Å². The second-order valence-electron chi connectivity index (χ2n) is 7.87. The van der Waals surface area contributed by atoms with E-state index in [1.165, 1.54) is 12.1 Å². The van der Waals surface area contributed by atoms with Gasteiger partial charge in [-0.15, -0.1) is 0 Å². The Morgan fingerprint density at radius 2 is 1.68 bits per heavy atom. The standard InChI is InChI=1S/C22H26N4O4S/c1-24-13-15-25(16-14-24)18-10-8-17(9-11-18)23-21(27)7-4-12-26-22(28)19-5-2-3-6-20(19)31(26,29)30/h2-3,5-6,8-11H,4,7,12-16H2,1H3,(H,23,27). The third kappa shape index (κ3) is 4.42. The maximum atomic E-state index is 12.5. The van der Waals surface area contributed by atoms with Crippen molar-refractivity contribution in [2.24, 2.45) is 0 Å². The fraction of sp³-hybridized carbons (Fsp3) is 0.364. The summed E-state index contributed by atoms with van der Waals surface area (Å²) < 4.78 is 25.9. The van der Waals surface area contributed by atoms with E-state index in [0.29, 0.717) is 5.69 Å². The molecular formula is C22H26N4O4S. The minimum atomic E-state index is -3.83. The van der Waals surface area contributed by atoms with Gasteiger partial charge in [-0.3, -0.25) is 9.59 Å². The van der Waals surface area contributed by atoms with Crippen LogP contribution in [0.1, 0.15) is 23.2 Å². The fourth-order valence-electron chi connectivity index (χ4n) is 3.88. The molecule has 31 heavy (non-hydrogen) atoms. The lowest BCUT2D eigenvalue weighted by molar-refractivity contribution is -0.116. The molecule has 2 aliphatic rings. The van der Waals surface area contributed by atoms with E-state index in [0.717, 1.165) is 36.2 Å². The molecule has 8 nitrogen and oxygen atoms in total. The summed E-state index contributed by atoms with van der Waals surface area (Å²) in [5.74, 6) is -0.746. The van der Waals surface area contributed by atoms with Crippen LogP contribution >= 0.6 is 0 Å². The van der Waals surface area contributed by atoms with Gasteiger partial charge >= 0.3 is 0 Å². The summed E-state index contributed by atoms with van der Waals surface area (Å²) in [7, 11) is -1.71. The number of hydrogen-bond donors (Lipinski definition) is 1. The molecule has 2 heterocycles. The summed E-state index contributed by atoms with van der Waals surface area (Å²) in [6.07, 6.45) is 0.375. The minimum absolute atomic E-state index is 0.0222. The molecule has 2 aromatic carbocycles. The number of fused-ring (bicyclic) bond motifs is 1. The zero-order chi connectivity index (χ0) is 22.0. The lowest BCUT2D eigenvalue weighted by Crippen LogP contribution is -2.44. The topological polar surface area (TPSA) is 90.0 Å². The number of rotatable bonds is 6. The second-order valence-corrected chi connectivity index (χ2v) is 9.70. The van der Waals surface area contributed by atoms with Gasteiger partial charge in [0.2, 0.25) is 5.91 Å². The van der Waals surface area contributed by atoms with Crippen molar-refractivity contribution in [2.45, 2.75) is 17.7 Å². The third-order valence-corrected chi connectivity index (χ3v) is 7.54. The number of benzene rings is 2. The van der Waals surface area contributed by atoms with E-state index in [2.05, 4.69) is 22.2 Å². The van der Waals surface area contributed by atoms with Crippen LogP contribution < -0.4 is 10.2 Å². The van der Waals surface area contributed by atoms with Crippen molar-refractivity contribution in [1.29, 1.82) is 0 Å². The van der Waals surface area contributed by atoms with Gasteiger partial charge in [-0.2, -0.15) is 0 Å². The highest BCUT2D eigenvalue weighted by atomic mass is 32.2. The number of nitrogens with zero attached hydrogens (tertiary/aromatic N) is 3. The first kappa shape index (κ1) is 21.3. The van der Waals surface area contributed by atoms with Crippen LogP contribution in [0.2, 0.25) is 0 Å². The van der Waals surface area contributed by atoms with Gasteiger partial charge in [0.1, 0.15) is 4.90 Å². The quantitative estimate of drug-likeness (QED) is 0.736. The van der Waals surface area contributed by atoms with Crippen LogP contribution in [0.4, 0.5) is 11.4 Å². The number of sulfonamides is 1. The number of piperazine rings is 1. The van der Waals surface area contributed by atoms with Crippen LogP contribution in [-0.4, -0.2) is 69.2 Å². The number of likely N-dealkylation sites (N-methyl/N-ethyl adjacent to an activating group) is 1. The van der Waals surface area contributed by atoms with Crippen LogP contribution in [-0.2, 0) is 14.8 Å². The van der Waals surface area contributed by atoms with Gasteiger partial charge in [0, 0.05) is 50.5 Å². The van der Waals surface area contributed by atoms with E-state index >= 15 is 0 Å². The Hall–Kier alpha value is -2.91. The summed E-state index contributed by atoms with van der Waals surface area (Å²) in [4.78, 5) is 29.3. The first-order chi connectivity index (χ1) is 14.9. The van der Waals surface area contributed by atoms with E-state index in [-0.39, 0.29) is 35.8 Å². The number of nitrogens with one attached hydrogen (secondary N) is 1. The first-order valence-electron chi connectivity index (χ1n) is 10.4. The molecule has 0 aromatic heterocycles. The van der Waals surface area contributed by atoms with Gasteiger partial charge in [0.05, 0.1) is 5.56 Å². The molecule has 0 radical (unpaired) electrons. The van der Waals surface area contributed by atoms with E-state index in [4.69, 9.17) is 0 Å². The summed E-state index contributed by atoms with van der Waals surface area (Å²) in [6, 6.07) is 13.9. The van der Waals surface area contributed by atoms with Gasteiger partial charge in [0.25, 0.3) is 15.9 Å². The number of carbonyl (C=O) groups is 2. The summed E-state index contributed by atoms with van der Waals surface area (Å²) >= 11 is 0. The number of carbonyl (C=O) groups excluding carboxylic acids is 2. The number of hydrogen-bond acceptors (Lipinski definition) is 6. The Bertz CT molecular complexity index is 1080. The van der Waals surface area contributed by atoms with Crippen molar-refractivity contribution in [3.63, 3.8) is 0 Å². The summed E-state index contributed by atoms with van der Waals surface area (Å²) in [5.41, 5.74) is 2.01. The molecule has 4 rings (SSSR count). The smallest absolute Gasteiger partial charge is 0.269 e. The molecule has 0 aliphatic carbocycles. The predicted molar refractivity (Wildman–Crippen MR) is 119 cm³/mol.